The first-order chi connectivity index (χ1) is 8.98. The predicted octanol–water partition coefficient (Wildman–Crippen LogP) is 3.97. The van der Waals surface area contributed by atoms with Crippen LogP contribution in [0.1, 0.15) is 52.0 Å². The molecule has 1 aliphatic rings. The zero-order chi connectivity index (χ0) is 14.0. The molecule has 0 amide bonds. The van der Waals surface area contributed by atoms with Gasteiger partial charge in [0.2, 0.25) is 0 Å². The van der Waals surface area contributed by atoms with Gasteiger partial charge in [-0.3, -0.25) is 0 Å². The van der Waals surface area contributed by atoms with Gasteiger partial charge in [0.15, 0.2) is 0 Å². The van der Waals surface area contributed by atoms with Crippen LogP contribution in [0.2, 0.25) is 0 Å². The average Bonchev–Trinajstić information content (AvgIpc) is 2.42. The maximum Gasteiger partial charge on any atom is 0.119 e. The van der Waals surface area contributed by atoms with E-state index in [1.165, 1.54) is 12.0 Å². The third-order valence-corrected chi connectivity index (χ3v) is 4.87. The molecule has 2 heteroatoms. The van der Waals surface area contributed by atoms with E-state index in [2.05, 4.69) is 57.3 Å². The van der Waals surface area contributed by atoms with Gasteiger partial charge in [0.1, 0.15) is 11.9 Å². The molecule has 0 spiro atoms. The van der Waals surface area contributed by atoms with Crippen molar-refractivity contribution in [3.8, 4) is 5.75 Å². The normalized spacial score (nSPS) is 26.6. The van der Waals surface area contributed by atoms with Crippen LogP contribution < -0.4 is 10.1 Å². The summed E-state index contributed by atoms with van der Waals surface area (Å²) in [7, 11) is 2.03. The minimum atomic E-state index is 0.212. The minimum Gasteiger partial charge on any atom is -0.490 e. The van der Waals surface area contributed by atoms with Gasteiger partial charge in [-0.15, -0.1) is 0 Å². The standard InChI is InChI=1S/C17H27NO/c1-6-12(2)13-7-9-14(10-8-13)19-16-11-15(18-5)17(16,3)4/h7-10,12,15-16,18H,6,11H2,1-5H3. The number of benzene rings is 1. The molecule has 3 atom stereocenters. The van der Waals surface area contributed by atoms with Crippen LogP contribution in [-0.4, -0.2) is 19.2 Å². The lowest BCUT2D eigenvalue weighted by atomic mass is 9.64. The van der Waals surface area contributed by atoms with Crippen LogP contribution in [0.5, 0.6) is 5.75 Å². The van der Waals surface area contributed by atoms with Crippen LogP contribution in [0.25, 0.3) is 0 Å². The molecule has 1 N–H and O–H groups in total. The topological polar surface area (TPSA) is 21.3 Å². The van der Waals surface area contributed by atoms with E-state index in [0.717, 1.165) is 12.2 Å². The molecule has 0 aromatic heterocycles. The smallest absolute Gasteiger partial charge is 0.119 e. The fraction of sp³-hybridized carbons (Fsp3) is 0.647. The van der Waals surface area contributed by atoms with E-state index < -0.39 is 0 Å². The summed E-state index contributed by atoms with van der Waals surface area (Å²) in [6.45, 7) is 9.04. The molecule has 1 aromatic carbocycles. The van der Waals surface area contributed by atoms with Gasteiger partial charge < -0.3 is 10.1 Å². The van der Waals surface area contributed by atoms with Crippen LogP contribution >= 0.6 is 0 Å². The largest absolute Gasteiger partial charge is 0.490 e. The molecule has 3 unspecified atom stereocenters. The summed E-state index contributed by atoms with van der Waals surface area (Å²) in [6.07, 6.45) is 2.59. The highest BCUT2D eigenvalue weighted by Gasteiger charge is 2.49. The zero-order valence-electron chi connectivity index (χ0n) is 12.9. The summed E-state index contributed by atoms with van der Waals surface area (Å²) in [4.78, 5) is 0. The Balaban J connectivity index is 1.98. The molecule has 1 fully saturated rings. The number of hydrogen-bond donors (Lipinski definition) is 1. The Kier molecular flexibility index (Phi) is 4.19. The summed E-state index contributed by atoms with van der Waals surface area (Å²) in [5.41, 5.74) is 1.61. The van der Waals surface area contributed by atoms with Crippen molar-refractivity contribution in [2.75, 3.05) is 7.05 Å². The maximum absolute atomic E-state index is 6.13. The maximum atomic E-state index is 6.13. The quantitative estimate of drug-likeness (QED) is 0.866. The lowest BCUT2D eigenvalue weighted by Crippen LogP contribution is -2.61. The summed E-state index contributed by atoms with van der Waals surface area (Å²) in [5.74, 6) is 1.63. The van der Waals surface area contributed by atoms with E-state index in [1.54, 1.807) is 0 Å². The van der Waals surface area contributed by atoms with Gasteiger partial charge >= 0.3 is 0 Å². The van der Waals surface area contributed by atoms with Crippen molar-refractivity contribution >= 4 is 0 Å². The molecule has 2 rings (SSSR count). The summed E-state index contributed by atoms with van der Waals surface area (Å²) >= 11 is 0. The van der Waals surface area contributed by atoms with E-state index in [1.807, 2.05) is 7.05 Å². The Morgan fingerprint density at radius 3 is 2.42 bits per heavy atom. The molecule has 19 heavy (non-hydrogen) atoms. The molecular weight excluding hydrogens is 234 g/mol. The summed E-state index contributed by atoms with van der Waals surface area (Å²) < 4.78 is 6.13. The highest BCUT2D eigenvalue weighted by Crippen LogP contribution is 2.42. The second-order valence-corrected chi connectivity index (χ2v) is 6.38. The van der Waals surface area contributed by atoms with Gasteiger partial charge in [0.25, 0.3) is 0 Å². The average molecular weight is 261 g/mol. The molecule has 0 saturated heterocycles. The Bertz CT molecular complexity index is 410. The molecule has 0 bridgehead atoms. The summed E-state index contributed by atoms with van der Waals surface area (Å²) in [5, 5.41) is 3.36. The number of ether oxygens (including phenoxy) is 1. The Morgan fingerprint density at radius 1 is 1.32 bits per heavy atom. The second kappa shape index (κ2) is 5.54. The molecule has 2 nitrogen and oxygen atoms in total. The third kappa shape index (κ3) is 2.79. The van der Waals surface area contributed by atoms with Crippen molar-refractivity contribution in [2.24, 2.45) is 5.41 Å². The second-order valence-electron chi connectivity index (χ2n) is 6.38. The first kappa shape index (κ1) is 14.4. The number of nitrogens with one attached hydrogen (secondary N) is 1. The third-order valence-electron chi connectivity index (χ3n) is 4.87. The molecule has 1 saturated carbocycles. The van der Waals surface area contributed by atoms with E-state index in [9.17, 15) is 0 Å². The Labute approximate surface area is 117 Å². The van der Waals surface area contributed by atoms with Gasteiger partial charge in [-0.05, 0) is 37.1 Å². The minimum absolute atomic E-state index is 0.212. The van der Waals surface area contributed by atoms with Crippen LogP contribution in [0.15, 0.2) is 24.3 Å². The highest BCUT2D eigenvalue weighted by molar-refractivity contribution is 5.30. The molecule has 1 aromatic rings. The number of hydrogen-bond acceptors (Lipinski definition) is 2. The van der Waals surface area contributed by atoms with Crippen molar-refractivity contribution in [3.05, 3.63) is 29.8 Å². The van der Waals surface area contributed by atoms with Crippen molar-refractivity contribution in [2.45, 2.75) is 58.6 Å². The molecule has 0 radical (unpaired) electrons. The van der Waals surface area contributed by atoms with Crippen molar-refractivity contribution < 1.29 is 4.74 Å². The van der Waals surface area contributed by atoms with Crippen molar-refractivity contribution in [1.29, 1.82) is 0 Å². The van der Waals surface area contributed by atoms with Crippen molar-refractivity contribution in [1.82, 2.24) is 5.32 Å². The highest BCUT2D eigenvalue weighted by atomic mass is 16.5. The molecule has 0 aliphatic heterocycles. The SMILES string of the molecule is CCC(C)c1ccc(OC2CC(NC)C2(C)C)cc1. The molecule has 106 valence electrons. The fourth-order valence-electron chi connectivity index (χ4n) is 2.85. The lowest BCUT2D eigenvalue weighted by molar-refractivity contribution is -0.0520. The first-order valence-electron chi connectivity index (χ1n) is 7.43. The van der Waals surface area contributed by atoms with E-state index in [4.69, 9.17) is 4.74 Å². The van der Waals surface area contributed by atoms with Gasteiger partial charge in [-0.25, -0.2) is 0 Å². The number of rotatable bonds is 5. The van der Waals surface area contributed by atoms with Crippen LogP contribution in [-0.2, 0) is 0 Å². The first-order valence-corrected chi connectivity index (χ1v) is 7.43. The zero-order valence-corrected chi connectivity index (χ0v) is 12.9. The predicted molar refractivity (Wildman–Crippen MR) is 80.8 cm³/mol. The van der Waals surface area contributed by atoms with Gasteiger partial charge in [0.05, 0.1) is 0 Å². The Morgan fingerprint density at radius 2 is 1.95 bits per heavy atom. The van der Waals surface area contributed by atoms with E-state index in [-0.39, 0.29) is 5.41 Å². The molecule has 0 heterocycles. The van der Waals surface area contributed by atoms with E-state index in [0.29, 0.717) is 18.1 Å². The van der Waals surface area contributed by atoms with Gasteiger partial charge in [0, 0.05) is 17.9 Å². The molecule has 1 aliphatic carbocycles. The van der Waals surface area contributed by atoms with Crippen molar-refractivity contribution in [3.63, 3.8) is 0 Å². The van der Waals surface area contributed by atoms with Crippen LogP contribution in [0.4, 0.5) is 0 Å². The molecular formula is C17H27NO. The summed E-state index contributed by atoms with van der Waals surface area (Å²) in [6, 6.07) is 9.20. The monoisotopic (exact) mass is 261 g/mol. The van der Waals surface area contributed by atoms with Gasteiger partial charge in [-0.1, -0.05) is 39.8 Å². The Hall–Kier alpha value is -1.02. The van der Waals surface area contributed by atoms with Gasteiger partial charge in [-0.2, -0.15) is 0 Å². The van der Waals surface area contributed by atoms with Crippen LogP contribution in [0.3, 0.4) is 0 Å². The van der Waals surface area contributed by atoms with E-state index >= 15 is 0 Å². The van der Waals surface area contributed by atoms with Crippen LogP contribution in [0, 0.1) is 5.41 Å². The fourth-order valence-corrected chi connectivity index (χ4v) is 2.85. The lowest BCUT2D eigenvalue weighted by Gasteiger charge is -2.51.